The third-order valence-electron chi connectivity index (χ3n) is 3.04. The topological polar surface area (TPSA) is 54.2 Å². The van der Waals surface area contributed by atoms with Crippen LogP contribution in [0.3, 0.4) is 0 Å². The first-order chi connectivity index (χ1) is 9.10. The molecule has 0 bridgehead atoms. The molecule has 0 saturated heterocycles. The van der Waals surface area contributed by atoms with Gasteiger partial charge < -0.3 is 4.90 Å². The van der Waals surface area contributed by atoms with E-state index in [2.05, 4.69) is 45.0 Å². The second-order valence-corrected chi connectivity index (χ2v) is 5.74. The van der Waals surface area contributed by atoms with Gasteiger partial charge in [-0.2, -0.15) is 0 Å². The predicted octanol–water partition coefficient (Wildman–Crippen LogP) is 2.26. The molecule has 0 aliphatic heterocycles. The maximum absolute atomic E-state index is 5.70. The Morgan fingerprint density at radius 2 is 2.21 bits per heavy atom. The van der Waals surface area contributed by atoms with Crippen molar-refractivity contribution in [3.05, 3.63) is 45.9 Å². The fraction of sp³-hybridized carbons (Fsp3) is 0.357. The molecule has 3 N–H and O–H groups in total. The molecule has 1 atom stereocenters. The first-order valence-electron chi connectivity index (χ1n) is 6.24. The van der Waals surface area contributed by atoms with Gasteiger partial charge in [-0.15, -0.1) is 11.3 Å². The molecule has 0 aliphatic carbocycles. The van der Waals surface area contributed by atoms with Crippen molar-refractivity contribution in [2.45, 2.75) is 19.4 Å². The molecule has 1 aromatic heterocycles. The molecule has 2 aromatic rings. The van der Waals surface area contributed by atoms with Gasteiger partial charge in [-0.05, 0) is 24.6 Å². The van der Waals surface area contributed by atoms with E-state index in [1.54, 1.807) is 11.3 Å². The first kappa shape index (κ1) is 14.0. The predicted molar refractivity (Wildman–Crippen MR) is 81.4 cm³/mol. The van der Waals surface area contributed by atoms with Gasteiger partial charge in [0, 0.05) is 37.3 Å². The highest BCUT2D eigenvalue weighted by molar-refractivity contribution is 7.09. The molecular formula is C14H20N4S. The summed E-state index contributed by atoms with van der Waals surface area (Å²) in [6.45, 7) is 2.01. The second kappa shape index (κ2) is 6.14. The lowest BCUT2D eigenvalue weighted by Crippen LogP contribution is -2.29. The van der Waals surface area contributed by atoms with E-state index in [1.165, 1.54) is 11.3 Å². The number of aryl methyl sites for hydroxylation is 1. The lowest BCUT2D eigenvalue weighted by atomic mass is 10.0. The van der Waals surface area contributed by atoms with Crippen LogP contribution in [0.25, 0.3) is 0 Å². The number of nitrogens with one attached hydrogen (secondary N) is 1. The van der Waals surface area contributed by atoms with Crippen molar-refractivity contribution in [2.24, 2.45) is 5.84 Å². The van der Waals surface area contributed by atoms with Crippen LogP contribution < -0.4 is 16.2 Å². The van der Waals surface area contributed by atoms with Gasteiger partial charge in [0.25, 0.3) is 0 Å². The van der Waals surface area contributed by atoms with E-state index in [9.17, 15) is 0 Å². The molecule has 5 heteroatoms. The Morgan fingerprint density at radius 1 is 1.42 bits per heavy atom. The molecule has 2 rings (SSSR count). The Bertz CT molecular complexity index is 536. The largest absolute Gasteiger partial charge is 0.378 e. The highest BCUT2D eigenvalue weighted by Gasteiger charge is 2.13. The van der Waals surface area contributed by atoms with Gasteiger partial charge in [-0.3, -0.25) is 11.3 Å². The van der Waals surface area contributed by atoms with E-state index in [1.807, 2.05) is 21.0 Å². The Labute approximate surface area is 118 Å². The Kier molecular flexibility index (Phi) is 4.52. The molecule has 1 aromatic carbocycles. The van der Waals surface area contributed by atoms with Crippen molar-refractivity contribution in [2.75, 3.05) is 19.0 Å². The third-order valence-corrected chi connectivity index (χ3v) is 4.02. The number of nitrogens with two attached hydrogens (primary N) is 1. The van der Waals surface area contributed by atoms with Crippen molar-refractivity contribution in [3.8, 4) is 0 Å². The van der Waals surface area contributed by atoms with Gasteiger partial charge in [0.1, 0.15) is 0 Å². The lowest BCUT2D eigenvalue weighted by molar-refractivity contribution is 0.550. The molecule has 4 nitrogen and oxygen atoms in total. The highest BCUT2D eigenvalue weighted by atomic mass is 32.1. The van der Waals surface area contributed by atoms with Crippen LogP contribution in [0.1, 0.15) is 22.3 Å². The highest BCUT2D eigenvalue weighted by Crippen LogP contribution is 2.23. The fourth-order valence-electron chi connectivity index (χ4n) is 1.96. The standard InChI is InChI=1S/C14H20N4S/c1-10-9-19-14(16-10)8-13(17-15)11-5-4-6-12(7-11)18(2)3/h4-7,9,13,17H,8,15H2,1-3H3. The van der Waals surface area contributed by atoms with Crippen LogP contribution in [0.2, 0.25) is 0 Å². The van der Waals surface area contributed by atoms with Crippen molar-refractivity contribution in [1.82, 2.24) is 10.4 Å². The van der Waals surface area contributed by atoms with Gasteiger partial charge >= 0.3 is 0 Å². The average Bonchev–Trinajstić information content (AvgIpc) is 2.81. The van der Waals surface area contributed by atoms with Crippen molar-refractivity contribution >= 4 is 17.0 Å². The van der Waals surface area contributed by atoms with E-state index in [-0.39, 0.29) is 6.04 Å². The molecule has 0 radical (unpaired) electrons. The molecule has 0 fully saturated rings. The summed E-state index contributed by atoms with van der Waals surface area (Å²) in [6.07, 6.45) is 0.811. The zero-order valence-corrected chi connectivity index (χ0v) is 12.4. The summed E-state index contributed by atoms with van der Waals surface area (Å²) in [5, 5.41) is 3.18. The zero-order chi connectivity index (χ0) is 13.8. The summed E-state index contributed by atoms with van der Waals surface area (Å²) in [5.41, 5.74) is 6.31. The van der Waals surface area contributed by atoms with Crippen LogP contribution in [-0.4, -0.2) is 19.1 Å². The number of hydrazine groups is 1. The molecule has 1 unspecified atom stereocenters. The maximum Gasteiger partial charge on any atom is 0.0947 e. The monoisotopic (exact) mass is 276 g/mol. The smallest absolute Gasteiger partial charge is 0.0947 e. The normalized spacial score (nSPS) is 12.4. The molecule has 0 amide bonds. The maximum atomic E-state index is 5.70. The summed E-state index contributed by atoms with van der Waals surface area (Å²) < 4.78 is 0. The van der Waals surface area contributed by atoms with Crippen LogP contribution in [-0.2, 0) is 6.42 Å². The van der Waals surface area contributed by atoms with Crippen LogP contribution in [0.4, 0.5) is 5.69 Å². The van der Waals surface area contributed by atoms with Gasteiger partial charge in [0.2, 0.25) is 0 Å². The Hall–Kier alpha value is -1.43. The molecule has 0 saturated carbocycles. The van der Waals surface area contributed by atoms with Crippen LogP contribution in [0.5, 0.6) is 0 Å². The number of benzene rings is 1. The molecular weight excluding hydrogens is 256 g/mol. The van der Waals surface area contributed by atoms with E-state index in [4.69, 9.17) is 5.84 Å². The summed E-state index contributed by atoms with van der Waals surface area (Å²) in [5.74, 6) is 5.70. The minimum atomic E-state index is 0.0884. The molecule has 102 valence electrons. The number of rotatable bonds is 5. The number of hydrogen-bond donors (Lipinski definition) is 2. The summed E-state index contributed by atoms with van der Waals surface area (Å²) in [7, 11) is 4.07. The van der Waals surface area contributed by atoms with Gasteiger partial charge in [0.15, 0.2) is 0 Å². The summed E-state index contributed by atoms with van der Waals surface area (Å²) in [4.78, 5) is 6.58. The van der Waals surface area contributed by atoms with Crippen molar-refractivity contribution in [1.29, 1.82) is 0 Å². The molecule has 0 aliphatic rings. The molecule has 1 heterocycles. The lowest BCUT2D eigenvalue weighted by Gasteiger charge is -2.18. The second-order valence-electron chi connectivity index (χ2n) is 4.80. The number of hydrogen-bond acceptors (Lipinski definition) is 5. The number of nitrogens with zero attached hydrogens (tertiary/aromatic N) is 2. The molecule has 19 heavy (non-hydrogen) atoms. The van der Waals surface area contributed by atoms with E-state index < -0.39 is 0 Å². The Morgan fingerprint density at radius 3 is 2.79 bits per heavy atom. The minimum Gasteiger partial charge on any atom is -0.378 e. The van der Waals surface area contributed by atoms with E-state index in [0.29, 0.717) is 0 Å². The van der Waals surface area contributed by atoms with E-state index >= 15 is 0 Å². The van der Waals surface area contributed by atoms with Crippen molar-refractivity contribution < 1.29 is 0 Å². The quantitative estimate of drug-likeness (QED) is 0.650. The summed E-state index contributed by atoms with van der Waals surface area (Å²) >= 11 is 1.68. The number of thiazole rings is 1. The van der Waals surface area contributed by atoms with Gasteiger partial charge in [-0.1, -0.05) is 12.1 Å². The Balaban J connectivity index is 2.19. The van der Waals surface area contributed by atoms with Crippen LogP contribution >= 0.6 is 11.3 Å². The van der Waals surface area contributed by atoms with E-state index in [0.717, 1.165) is 17.1 Å². The summed E-state index contributed by atoms with van der Waals surface area (Å²) in [6, 6.07) is 8.49. The van der Waals surface area contributed by atoms with Gasteiger partial charge in [0.05, 0.1) is 11.0 Å². The number of anilines is 1. The van der Waals surface area contributed by atoms with Crippen LogP contribution in [0.15, 0.2) is 29.6 Å². The van der Waals surface area contributed by atoms with Crippen molar-refractivity contribution in [3.63, 3.8) is 0 Å². The third kappa shape index (κ3) is 3.53. The SMILES string of the molecule is Cc1csc(CC(NN)c2cccc(N(C)C)c2)n1. The minimum absolute atomic E-state index is 0.0884. The van der Waals surface area contributed by atoms with Crippen LogP contribution in [0, 0.1) is 6.92 Å². The average molecular weight is 276 g/mol. The number of aromatic nitrogens is 1. The zero-order valence-electron chi connectivity index (χ0n) is 11.6. The first-order valence-corrected chi connectivity index (χ1v) is 7.12. The molecule has 0 spiro atoms. The fourth-order valence-corrected chi connectivity index (χ4v) is 2.78. The van der Waals surface area contributed by atoms with Gasteiger partial charge in [-0.25, -0.2) is 4.98 Å².